The Morgan fingerprint density at radius 3 is 2.65 bits per heavy atom. The Bertz CT molecular complexity index is 601. The number of nitro benzene ring substituents is 1. The van der Waals surface area contributed by atoms with Crippen molar-refractivity contribution < 1.29 is 25.0 Å². The summed E-state index contributed by atoms with van der Waals surface area (Å²) >= 11 is 0. The second kappa shape index (κ2) is 5.11. The molecule has 0 unspecified atom stereocenters. The van der Waals surface area contributed by atoms with Crippen LogP contribution in [0.2, 0.25) is 0 Å². The highest BCUT2D eigenvalue weighted by Crippen LogP contribution is 2.24. The SMILES string of the molecule is [2H]C([2H])(OS(C)(=O)=O)c1cc(OC)ccc1[N+](=O)[O-]. The van der Waals surface area contributed by atoms with E-state index in [2.05, 4.69) is 4.18 Å². The standard InChI is InChI=1S/C9H11NO6S/c1-15-8-3-4-9(10(11)12)7(5-8)6-16-17(2,13)14/h3-5H,6H2,1-2H3/i6D2. The van der Waals surface area contributed by atoms with Gasteiger partial charge in [0.05, 0.1) is 33.2 Å². The number of benzene rings is 1. The summed E-state index contributed by atoms with van der Waals surface area (Å²) in [6.45, 7) is -2.87. The fourth-order valence-electron chi connectivity index (χ4n) is 1.00. The van der Waals surface area contributed by atoms with Crippen LogP contribution in [0.3, 0.4) is 0 Å². The van der Waals surface area contributed by atoms with Crippen molar-refractivity contribution in [3.8, 4) is 5.75 Å². The van der Waals surface area contributed by atoms with E-state index in [1.165, 1.54) is 13.2 Å². The molecule has 0 amide bonds. The molecule has 0 aliphatic rings. The number of hydrogen-bond acceptors (Lipinski definition) is 6. The molecule has 0 aliphatic heterocycles. The van der Waals surface area contributed by atoms with Crippen LogP contribution in [0.5, 0.6) is 5.75 Å². The Balaban J connectivity index is 3.41. The Hall–Kier alpha value is -1.67. The van der Waals surface area contributed by atoms with Crippen molar-refractivity contribution >= 4 is 15.8 Å². The molecule has 0 radical (unpaired) electrons. The Labute approximate surface area is 101 Å². The van der Waals surface area contributed by atoms with E-state index in [0.717, 1.165) is 12.1 Å². The predicted octanol–water partition coefficient (Wildman–Crippen LogP) is 1.08. The van der Waals surface area contributed by atoms with Crippen LogP contribution in [-0.2, 0) is 20.9 Å². The summed E-state index contributed by atoms with van der Waals surface area (Å²) in [6.07, 6.45) is 0.650. The van der Waals surface area contributed by atoms with E-state index in [4.69, 9.17) is 7.48 Å². The van der Waals surface area contributed by atoms with Crippen molar-refractivity contribution in [2.24, 2.45) is 0 Å². The van der Waals surface area contributed by atoms with Crippen LogP contribution in [0.25, 0.3) is 0 Å². The fourth-order valence-corrected chi connectivity index (χ4v) is 1.24. The minimum atomic E-state index is -4.13. The minimum absolute atomic E-state index is 0.140. The molecule has 0 bridgehead atoms. The van der Waals surface area contributed by atoms with E-state index in [1.807, 2.05) is 0 Å². The predicted molar refractivity (Wildman–Crippen MR) is 59.3 cm³/mol. The minimum Gasteiger partial charge on any atom is -0.497 e. The van der Waals surface area contributed by atoms with Gasteiger partial charge >= 0.3 is 0 Å². The molecule has 0 spiro atoms. The van der Waals surface area contributed by atoms with E-state index >= 15 is 0 Å². The van der Waals surface area contributed by atoms with Crippen LogP contribution in [0, 0.1) is 10.1 Å². The van der Waals surface area contributed by atoms with Gasteiger partial charge in [-0.15, -0.1) is 0 Å². The molecule has 1 aromatic rings. The first-order valence-corrected chi connectivity index (χ1v) is 6.12. The number of nitro groups is 1. The van der Waals surface area contributed by atoms with Gasteiger partial charge in [0.1, 0.15) is 5.75 Å². The van der Waals surface area contributed by atoms with Crippen LogP contribution in [0.4, 0.5) is 5.69 Å². The van der Waals surface area contributed by atoms with Gasteiger partial charge in [-0.3, -0.25) is 14.3 Å². The number of hydrogen-bond donors (Lipinski definition) is 0. The molecular weight excluding hydrogens is 250 g/mol. The van der Waals surface area contributed by atoms with Crippen molar-refractivity contribution in [3.05, 3.63) is 33.9 Å². The van der Waals surface area contributed by atoms with Gasteiger partial charge in [0, 0.05) is 6.07 Å². The first-order chi connectivity index (χ1) is 8.57. The molecule has 0 heterocycles. The summed E-state index contributed by atoms with van der Waals surface area (Å²) in [5.74, 6) is 0.140. The molecule has 0 saturated heterocycles. The topological polar surface area (TPSA) is 95.7 Å². The Kier molecular flexibility index (Phi) is 3.15. The van der Waals surface area contributed by atoms with Crippen LogP contribution >= 0.6 is 0 Å². The Morgan fingerprint density at radius 1 is 1.53 bits per heavy atom. The number of rotatable bonds is 5. The largest absolute Gasteiger partial charge is 0.497 e. The normalized spacial score (nSPS) is 13.8. The molecule has 0 fully saturated rings. The van der Waals surface area contributed by atoms with Gasteiger partial charge in [-0.25, -0.2) is 0 Å². The summed E-state index contributed by atoms with van der Waals surface area (Å²) < 4.78 is 46.1. The van der Waals surface area contributed by atoms with Gasteiger partial charge in [-0.2, -0.15) is 8.42 Å². The number of ether oxygens (including phenoxy) is 1. The van der Waals surface area contributed by atoms with Crippen molar-refractivity contribution in [2.45, 2.75) is 6.56 Å². The van der Waals surface area contributed by atoms with Gasteiger partial charge in [-0.05, 0) is 12.1 Å². The highest BCUT2D eigenvalue weighted by molar-refractivity contribution is 7.85. The molecule has 0 aromatic heterocycles. The van der Waals surface area contributed by atoms with Crippen LogP contribution < -0.4 is 4.74 Å². The first-order valence-electron chi connectivity index (χ1n) is 5.30. The second-order valence-electron chi connectivity index (χ2n) is 3.03. The zero-order valence-electron chi connectivity index (χ0n) is 11.0. The number of methoxy groups -OCH3 is 1. The summed E-state index contributed by atoms with van der Waals surface area (Å²) in [6, 6.07) is 3.29. The van der Waals surface area contributed by atoms with Crippen LogP contribution in [-0.4, -0.2) is 26.7 Å². The van der Waals surface area contributed by atoms with Crippen LogP contribution in [0.1, 0.15) is 8.30 Å². The van der Waals surface area contributed by atoms with Crippen molar-refractivity contribution in [1.29, 1.82) is 0 Å². The number of nitrogens with zero attached hydrogens (tertiary/aromatic N) is 1. The lowest BCUT2D eigenvalue weighted by Crippen LogP contribution is -2.05. The maximum absolute atomic E-state index is 11.0. The first kappa shape index (κ1) is 10.5. The molecule has 1 rings (SSSR count). The second-order valence-corrected chi connectivity index (χ2v) is 4.60. The monoisotopic (exact) mass is 263 g/mol. The molecule has 0 aliphatic carbocycles. The highest BCUT2D eigenvalue weighted by Gasteiger charge is 2.16. The van der Waals surface area contributed by atoms with Gasteiger partial charge in [0.15, 0.2) is 0 Å². The van der Waals surface area contributed by atoms with E-state index in [9.17, 15) is 18.5 Å². The zero-order valence-corrected chi connectivity index (χ0v) is 9.85. The average molecular weight is 263 g/mol. The molecular formula is C9H11NO6S. The van der Waals surface area contributed by atoms with Gasteiger partial charge < -0.3 is 4.74 Å². The van der Waals surface area contributed by atoms with Crippen LogP contribution in [0.15, 0.2) is 18.2 Å². The lowest BCUT2D eigenvalue weighted by atomic mass is 10.2. The van der Waals surface area contributed by atoms with Gasteiger partial charge in [0.2, 0.25) is 0 Å². The summed E-state index contributed by atoms with van der Waals surface area (Å²) in [7, 11) is -2.84. The molecule has 1 aromatic carbocycles. The summed E-state index contributed by atoms with van der Waals surface area (Å²) in [4.78, 5) is 9.99. The highest BCUT2D eigenvalue weighted by atomic mass is 32.2. The molecule has 0 N–H and O–H groups in total. The Morgan fingerprint density at radius 2 is 2.18 bits per heavy atom. The molecule has 0 atom stereocenters. The molecule has 94 valence electrons. The van der Waals surface area contributed by atoms with E-state index in [-0.39, 0.29) is 5.75 Å². The van der Waals surface area contributed by atoms with E-state index < -0.39 is 32.9 Å². The average Bonchev–Trinajstić information content (AvgIpc) is 2.24. The summed E-state index contributed by atoms with van der Waals surface area (Å²) in [5.41, 5.74) is -1.14. The third kappa shape index (κ3) is 4.00. The smallest absolute Gasteiger partial charge is 0.275 e. The zero-order chi connectivity index (χ0) is 14.8. The molecule has 8 heteroatoms. The van der Waals surface area contributed by atoms with Crippen molar-refractivity contribution in [1.82, 2.24) is 0 Å². The molecule has 17 heavy (non-hydrogen) atoms. The van der Waals surface area contributed by atoms with Crippen molar-refractivity contribution in [3.63, 3.8) is 0 Å². The third-order valence-electron chi connectivity index (χ3n) is 1.70. The van der Waals surface area contributed by atoms with Gasteiger partial charge in [0.25, 0.3) is 15.8 Å². The molecule has 0 saturated carbocycles. The lowest BCUT2D eigenvalue weighted by molar-refractivity contribution is -0.385. The maximum atomic E-state index is 11.0. The maximum Gasteiger partial charge on any atom is 0.275 e. The van der Waals surface area contributed by atoms with E-state index in [1.54, 1.807) is 0 Å². The van der Waals surface area contributed by atoms with E-state index in [0.29, 0.717) is 6.26 Å². The molecule has 7 nitrogen and oxygen atoms in total. The summed E-state index contributed by atoms with van der Waals surface area (Å²) in [5, 5.41) is 10.8. The quantitative estimate of drug-likeness (QED) is 0.448. The lowest BCUT2D eigenvalue weighted by Gasteiger charge is -2.05. The third-order valence-corrected chi connectivity index (χ3v) is 2.09. The fraction of sp³-hybridized carbons (Fsp3) is 0.333. The van der Waals surface area contributed by atoms with Crippen molar-refractivity contribution in [2.75, 3.05) is 13.4 Å². The van der Waals surface area contributed by atoms with Gasteiger partial charge in [-0.1, -0.05) is 0 Å².